The first-order valence-electron chi connectivity index (χ1n) is 22.0. The van der Waals surface area contributed by atoms with Crippen LogP contribution in [0.2, 0.25) is 0 Å². The number of terminal acetylenes is 1. The summed E-state index contributed by atoms with van der Waals surface area (Å²) in [6.45, 7) is 10.1. The van der Waals surface area contributed by atoms with Gasteiger partial charge in [-0.3, -0.25) is 19.1 Å². The normalized spacial score (nSPS) is 21.4. The molecule has 5 unspecified atom stereocenters. The molecular formula is C51H59N4O10P. The van der Waals surface area contributed by atoms with Crippen LogP contribution in [-0.4, -0.2) is 77.0 Å². The molecule has 0 saturated carbocycles. The first-order valence-corrected chi connectivity index (χ1v) is 23.1. The number of carboxylic acid groups (broad SMARTS) is 1. The van der Waals surface area contributed by atoms with Gasteiger partial charge in [-0.05, 0) is 68.7 Å². The molecule has 1 aliphatic heterocycles. The molecule has 0 radical (unpaired) electrons. The molecule has 0 amide bonds. The summed E-state index contributed by atoms with van der Waals surface area (Å²) in [4.78, 5) is 42.0. The number of hydrogen-bond donors (Lipinski definition) is 2. The highest BCUT2D eigenvalue weighted by molar-refractivity contribution is 7.44. The van der Waals surface area contributed by atoms with E-state index in [1.54, 1.807) is 38.5 Å². The van der Waals surface area contributed by atoms with Crippen molar-refractivity contribution >= 4 is 14.5 Å². The highest BCUT2D eigenvalue weighted by Gasteiger charge is 2.46. The number of aromatic nitrogens is 2. The molecule has 2 aliphatic rings. The molecule has 3 aromatic carbocycles. The largest absolute Gasteiger partial charge is 0.497 e. The van der Waals surface area contributed by atoms with Gasteiger partial charge in [0.2, 0.25) is 0 Å². The van der Waals surface area contributed by atoms with Gasteiger partial charge >= 0.3 is 11.7 Å². The fourth-order valence-corrected chi connectivity index (χ4v) is 10.5. The second-order valence-electron chi connectivity index (χ2n) is 17.0. The van der Waals surface area contributed by atoms with E-state index in [0.29, 0.717) is 11.5 Å². The SMILES string of the molecule is C#CCC(c1cn(C2CC(OP(OCCC#N)N(C(C)C)C(C)C)C(COC(c3ccccc3)(c3ccc(OC)cc3)c3ccc(OC)cc3)O2)c(=O)[nH]c1=O)C1(C)C=CC(C(=O)O)C=C1. The predicted molar refractivity (Wildman–Crippen MR) is 252 cm³/mol. The van der Waals surface area contributed by atoms with E-state index in [2.05, 4.69) is 21.6 Å². The van der Waals surface area contributed by atoms with E-state index in [-0.39, 0.29) is 50.1 Å². The monoisotopic (exact) mass is 918 g/mol. The van der Waals surface area contributed by atoms with Gasteiger partial charge in [0.1, 0.15) is 29.4 Å². The van der Waals surface area contributed by atoms with E-state index in [4.69, 9.17) is 34.4 Å². The van der Waals surface area contributed by atoms with Gasteiger partial charge in [-0.1, -0.05) is 85.8 Å². The summed E-state index contributed by atoms with van der Waals surface area (Å²) in [5.41, 5.74) is -0.733. The Balaban J connectivity index is 1.46. The van der Waals surface area contributed by atoms with Crippen LogP contribution in [0.5, 0.6) is 11.5 Å². The first-order chi connectivity index (χ1) is 31.7. The Morgan fingerprint density at radius 2 is 1.55 bits per heavy atom. The summed E-state index contributed by atoms with van der Waals surface area (Å²) < 4.78 is 42.2. The number of H-pyrrole nitrogens is 1. The van der Waals surface area contributed by atoms with Crippen molar-refractivity contribution in [2.75, 3.05) is 27.4 Å². The van der Waals surface area contributed by atoms with E-state index in [1.165, 1.54) is 10.8 Å². The van der Waals surface area contributed by atoms with Crippen LogP contribution in [-0.2, 0) is 28.9 Å². The second kappa shape index (κ2) is 22.1. The summed E-state index contributed by atoms with van der Waals surface area (Å²) in [5.74, 6) is 1.54. The van der Waals surface area contributed by atoms with Gasteiger partial charge in [0.15, 0.2) is 0 Å². The van der Waals surface area contributed by atoms with Crippen molar-refractivity contribution in [1.82, 2.24) is 14.2 Å². The fraction of sp³-hybridized carbons (Fsp3) is 0.412. The van der Waals surface area contributed by atoms with Crippen molar-refractivity contribution in [3.63, 3.8) is 0 Å². The molecule has 6 rings (SSSR count). The van der Waals surface area contributed by atoms with Crippen LogP contribution >= 0.6 is 8.53 Å². The molecule has 1 fully saturated rings. The zero-order valence-corrected chi connectivity index (χ0v) is 39.4. The molecule has 1 aromatic heterocycles. The molecule has 348 valence electrons. The third-order valence-corrected chi connectivity index (χ3v) is 14.2. The third-order valence-electron chi connectivity index (χ3n) is 12.1. The summed E-state index contributed by atoms with van der Waals surface area (Å²) in [5, 5.41) is 19.1. The van der Waals surface area contributed by atoms with Crippen LogP contribution in [0.4, 0.5) is 0 Å². The number of carbonyl (C=O) groups is 1. The van der Waals surface area contributed by atoms with Gasteiger partial charge in [-0.2, -0.15) is 5.26 Å². The Kier molecular flexibility index (Phi) is 16.6. The summed E-state index contributed by atoms with van der Waals surface area (Å²) in [6.07, 6.45) is 11.9. The van der Waals surface area contributed by atoms with Gasteiger partial charge in [-0.25, -0.2) is 9.46 Å². The van der Waals surface area contributed by atoms with E-state index in [0.717, 1.165) is 16.7 Å². The highest BCUT2D eigenvalue weighted by Crippen LogP contribution is 2.51. The van der Waals surface area contributed by atoms with Crippen molar-refractivity contribution in [2.45, 2.75) is 95.9 Å². The summed E-state index contributed by atoms with van der Waals surface area (Å²) in [7, 11) is 1.43. The molecule has 1 aliphatic carbocycles. The maximum atomic E-state index is 13.9. The van der Waals surface area contributed by atoms with Crippen LogP contribution < -0.4 is 20.7 Å². The van der Waals surface area contributed by atoms with Gasteiger partial charge in [0, 0.05) is 48.0 Å². The fourth-order valence-electron chi connectivity index (χ4n) is 8.71. The lowest BCUT2D eigenvalue weighted by atomic mass is 9.69. The van der Waals surface area contributed by atoms with Crippen LogP contribution in [0, 0.1) is 35.0 Å². The van der Waals surface area contributed by atoms with Crippen molar-refractivity contribution < 1.29 is 37.9 Å². The van der Waals surface area contributed by atoms with Crippen LogP contribution in [0.15, 0.2) is 119 Å². The maximum Gasteiger partial charge on any atom is 0.330 e. The number of hydrogen-bond acceptors (Lipinski definition) is 11. The first kappa shape index (κ1) is 49.6. The highest BCUT2D eigenvalue weighted by atomic mass is 31.2. The van der Waals surface area contributed by atoms with E-state index in [1.807, 2.05) is 113 Å². The van der Waals surface area contributed by atoms with Gasteiger partial charge in [0.05, 0.1) is 51.9 Å². The molecular weight excluding hydrogens is 860 g/mol. The molecule has 0 bridgehead atoms. The zero-order chi connectivity index (χ0) is 47.6. The minimum absolute atomic E-state index is 0.00520. The quantitative estimate of drug-likeness (QED) is 0.0269. The van der Waals surface area contributed by atoms with Crippen molar-refractivity contribution in [2.24, 2.45) is 11.3 Å². The number of ether oxygens (including phenoxy) is 4. The smallest absolute Gasteiger partial charge is 0.330 e. The minimum Gasteiger partial charge on any atom is -0.497 e. The number of rotatable bonds is 21. The number of aliphatic carboxylic acids is 1. The van der Waals surface area contributed by atoms with E-state index < -0.39 is 67.0 Å². The average molecular weight is 919 g/mol. The Morgan fingerprint density at radius 3 is 2.06 bits per heavy atom. The molecule has 5 atom stereocenters. The number of carboxylic acids is 1. The lowest BCUT2D eigenvalue weighted by Gasteiger charge is -2.39. The van der Waals surface area contributed by atoms with Gasteiger partial charge in [-0.15, -0.1) is 12.3 Å². The van der Waals surface area contributed by atoms with Crippen LogP contribution in [0.25, 0.3) is 0 Å². The molecule has 2 N–H and O–H groups in total. The Labute approximate surface area is 387 Å². The third kappa shape index (κ3) is 10.9. The van der Waals surface area contributed by atoms with Crippen molar-refractivity contribution in [3.05, 3.63) is 152 Å². The van der Waals surface area contributed by atoms with E-state index in [9.17, 15) is 24.8 Å². The standard InChI is InChI=1S/C51H59N4O10P/c1-9-14-43(50(6)27-25-36(26-28-50)48(57)58)42-32-54(49(59)53-47(42)56)46-31-44(65-66(63-30-13-29-52)55(34(2)3)35(4)5)45(64-46)33-62-51(37-15-11-10-12-16-37,38-17-21-40(60-7)22-18-38)39-19-23-41(61-8)24-20-39/h1,10-12,15-28,32,34-36,43-46H,13-14,30-31,33H2,2-8H3,(H,57,58)(H,53,56,59). The molecule has 2 heterocycles. The van der Waals surface area contributed by atoms with Crippen molar-refractivity contribution in [3.8, 4) is 29.9 Å². The predicted octanol–water partition coefficient (Wildman–Crippen LogP) is 8.45. The Hall–Kier alpha value is -5.83. The lowest BCUT2D eigenvalue weighted by Crippen LogP contribution is -2.40. The Morgan fingerprint density at radius 1 is 0.970 bits per heavy atom. The lowest BCUT2D eigenvalue weighted by molar-refractivity contribution is -0.138. The summed E-state index contributed by atoms with van der Waals surface area (Å²) >= 11 is 0. The van der Waals surface area contributed by atoms with Gasteiger partial charge < -0.3 is 33.1 Å². The number of allylic oxidation sites excluding steroid dienone is 2. The van der Waals surface area contributed by atoms with Crippen LogP contribution in [0.1, 0.15) is 88.3 Å². The summed E-state index contributed by atoms with van der Waals surface area (Å²) in [6, 6.07) is 27.3. The maximum absolute atomic E-state index is 13.9. The number of methoxy groups -OCH3 is 2. The second-order valence-corrected chi connectivity index (χ2v) is 18.4. The zero-order valence-electron chi connectivity index (χ0n) is 38.5. The molecule has 66 heavy (non-hydrogen) atoms. The van der Waals surface area contributed by atoms with Crippen LogP contribution in [0.3, 0.4) is 0 Å². The number of nitriles is 1. The topological polar surface area (TPSA) is 175 Å². The molecule has 1 saturated heterocycles. The number of benzene rings is 3. The number of nitrogens with zero attached hydrogens (tertiary/aromatic N) is 3. The number of nitrogens with one attached hydrogen (secondary N) is 1. The van der Waals surface area contributed by atoms with E-state index >= 15 is 0 Å². The van der Waals surface area contributed by atoms with Crippen molar-refractivity contribution in [1.29, 1.82) is 5.26 Å². The molecule has 15 heteroatoms. The average Bonchev–Trinajstić information content (AvgIpc) is 3.71. The Bertz CT molecular complexity index is 2460. The molecule has 4 aromatic rings. The minimum atomic E-state index is -1.79. The number of aromatic amines is 1. The molecule has 0 spiro atoms. The van der Waals surface area contributed by atoms with Gasteiger partial charge in [0.25, 0.3) is 14.1 Å². The molecule has 14 nitrogen and oxygen atoms in total.